The first-order valence-corrected chi connectivity index (χ1v) is 7.55. The van der Waals surface area contributed by atoms with E-state index < -0.39 is 0 Å². The molecule has 2 atom stereocenters. The van der Waals surface area contributed by atoms with Crippen LogP contribution >= 0.6 is 15.9 Å². The maximum Gasteiger partial charge on any atom is 0.228 e. The molecule has 1 aliphatic rings. The molecule has 0 bridgehead atoms. The molecule has 0 spiro atoms. The Morgan fingerprint density at radius 1 is 1.25 bits per heavy atom. The van der Waals surface area contributed by atoms with Crippen molar-refractivity contribution in [1.29, 1.82) is 0 Å². The van der Waals surface area contributed by atoms with Crippen molar-refractivity contribution in [2.75, 3.05) is 5.32 Å². The number of hydrogen-bond donors (Lipinski definition) is 2. The average molecular weight is 339 g/mol. The molecule has 1 saturated carbocycles. The number of amides is 2. The topological polar surface area (TPSA) is 58.2 Å². The molecule has 1 aliphatic carbocycles. The van der Waals surface area contributed by atoms with E-state index in [1.807, 2.05) is 39.0 Å². The van der Waals surface area contributed by atoms with Crippen LogP contribution in [0.4, 0.5) is 5.69 Å². The minimum absolute atomic E-state index is 0.0212. The molecule has 0 heterocycles. The van der Waals surface area contributed by atoms with E-state index in [0.717, 1.165) is 15.7 Å². The van der Waals surface area contributed by atoms with Crippen molar-refractivity contribution in [3.05, 3.63) is 28.2 Å². The van der Waals surface area contributed by atoms with Gasteiger partial charge in [0.25, 0.3) is 0 Å². The quantitative estimate of drug-likeness (QED) is 0.886. The molecule has 1 fully saturated rings. The Labute approximate surface area is 127 Å². The summed E-state index contributed by atoms with van der Waals surface area (Å²) in [7, 11) is 0. The van der Waals surface area contributed by atoms with E-state index in [1.54, 1.807) is 0 Å². The first-order chi connectivity index (χ1) is 9.38. The van der Waals surface area contributed by atoms with Crippen molar-refractivity contribution in [3.8, 4) is 0 Å². The minimum Gasteiger partial charge on any atom is -0.354 e. The zero-order valence-electron chi connectivity index (χ0n) is 11.9. The summed E-state index contributed by atoms with van der Waals surface area (Å²) in [6.07, 6.45) is 0.639. The highest BCUT2D eigenvalue weighted by Crippen LogP contribution is 2.39. The molecule has 0 aliphatic heterocycles. The highest BCUT2D eigenvalue weighted by Gasteiger charge is 2.48. The number of hydrogen-bond acceptors (Lipinski definition) is 2. The van der Waals surface area contributed by atoms with Crippen LogP contribution in [0, 0.1) is 18.8 Å². The van der Waals surface area contributed by atoms with Crippen LogP contribution in [0.1, 0.15) is 25.8 Å². The second-order valence-electron chi connectivity index (χ2n) is 5.57. The number of anilines is 1. The summed E-state index contributed by atoms with van der Waals surface area (Å²) in [4.78, 5) is 23.9. The third kappa shape index (κ3) is 3.60. The second-order valence-corrected chi connectivity index (χ2v) is 6.42. The van der Waals surface area contributed by atoms with Crippen LogP contribution in [0.2, 0.25) is 0 Å². The Morgan fingerprint density at radius 2 is 1.90 bits per heavy atom. The van der Waals surface area contributed by atoms with Gasteiger partial charge in [-0.1, -0.05) is 15.9 Å². The zero-order valence-corrected chi connectivity index (χ0v) is 13.5. The molecule has 2 amide bonds. The van der Waals surface area contributed by atoms with Gasteiger partial charge in [0.1, 0.15) is 0 Å². The second kappa shape index (κ2) is 5.95. The summed E-state index contributed by atoms with van der Waals surface area (Å²) < 4.78 is 1.01. The maximum atomic E-state index is 12.1. The molecular formula is C15H19BrN2O2. The number of carbonyl (C=O) groups excluding carboxylic acids is 2. The van der Waals surface area contributed by atoms with Crippen LogP contribution < -0.4 is 10.6 Å². The molecule has 20 heavy (non-hydrogen) atoms. The fourth-order valence-corrected chi connectivity index (χ4v) is 2.37. The van der Waals surface area contributed by atoms with Gasteiger partial charge in [-0.2, -0.15) is 0 Å². The SMILES string of the molecule is Cc1cc(NC(=O)C2CC2C(=O)NC(C)C)ccc1Br. The Morgan fingerprint density at radius 3 is 2.50 bits per heavy atom. The van der Waals surface area contributed by atoms with Crippen LogP contribution in [-0.4, -0.2) is 17.9 Å². The number of nitrogens with one attached hydrogen (secondary N) is 2. The third-order valence-electron chi connectivity index (χ3n) is 3.32. The fourth-order valence-electron chi connectivity index (χ4n) is 2.12. The zero-order chi connectivity index (χ0) is 14.9. The van der Waals surface area contributed by atoms with Gasteiger partial charge in [0.2, 0.25) is 11.8 Å². The van der Waals surface area contributed by atoms with Crippen molar-refractivity contribution >= 4 is 33.4 Å². The van der Waals surface area contributed by atoms with E-state index in [0.29, 0.717) is 6.42 Å². The van der Waals surface area contributed by atoms with Crippen molar-refractivity contribution in [2.45, 2.75) is 33.2 Å². The lowest BCUT2D eigenvalue weighted by molar-refractivity contribution is -0.125. The average Bonchev–Trinajstić information content (AvgIpc) is 3.13. The Kier molecular flexibility index (Phi) is 4.48. The van der Waals surface area contributed by atoms with Gasteiger partial charge in [0.15, 0.2) is 0 Å². The number of halogens is 1. The lowest BCUT2D eigenvalue weighted by Gasteiger charge is -2.09. The highest BCUT2D eigenvalue weighted by molar-refractivity contribution is 9.10. The largest absolute Gasteiger partial charge is 0.354 e. The molecule has 0 aromatic heterocycles. The van der Waals surface area contributed by atoms with Crippen LogP contribution in [-0.2, 0) is 9.59 Å². The Bertz CT molecular complexity index is 543. The summed E-state index contributed by atoms with van der Waals surface area (Å²) in [6, 6.07) is 5.77. The van der Waals surface area contributed by atoms with Gasteiger partial charge in [0, 0.05) is 16.2 Å². The molecule has 0 saturated heterocycles. The normalized spacial score (nSPS) is 20.6. The summed E-state index contributed by atoms with van der Waals surface area (Å²) in [5.41, 5.74) is 1.83. The fraction of sp³-hybridized carbons (Fsp3) is 0.467. The lowest BCUT2D eigenvalue weighted by atomic mass is 10.2. The van der Waals surface area contributed by atoms with Gasteiger partial charge in [-0.3, -0.25) is 9.59 Å². The maximum absolute atomic E-state index is 12.1. The van der Waals surface area contributed by atoms with Gasteiger partial charge < -0.3 is 10.6 Å². The summed E-state index contributed by atoms with van der Waals surface area (Å²) in [6.45, 7) is 5.80. The predicted molar refractivity (Wildman–Crippen MR) is 82.4 cm³/mol. The Hall–Kier alpha value is -1.36. The van der Waals surface area contributed by atoms with E-state index in [9.17, 15) is 9.59 Å². The summed E-state index contributed by atoms with van der Waals surface area (Å²) in [5.74, 6) is -0.464. The van der Waals surface area contributed by atoms with Crippen LogP contribution in [0.5, 0.6) is 0 Å². The molecular weight excluding hydrogens is 320 g/mol. The molecule has 2 N–H and O–H groups in total. The summed E-state index contributed by atoms with van der Waals surface area (Å²) in [5, 5.41) is 5.72. The van der Waals surface area contributed by atoms with E-state index in [4.69, 9.17) is 0 Å². The van der Waals surface area contributed by atoms with Crippen molar-refractivity contribution in [3.63, 3.8) is 0 Å². The minimum atomic E-state index is -0.197. The number of benzene rings is 1. The molecule has 2 rings (SSSR count). The monoisotopic (exact) mass is 338 g/mol. The predicted octanol–water partition coefficient (Wildman–Crippen LogP) is 2.86. The molecule has 5 heteroatoms. The summed E-state index contributed by atoms with van der Waals surface area (Å²) >= 11 is 3.42. The van der Waals surface area contributed by atoms with Gasteiger partial charge in [-0.25, -0.2) is 0 Å². The standard InChI is InChI=1S/C15H19BrN2O2/c1-8(2)17-14(19)11-7-12(11)15(20)18-10-4-5-13(16)9(3)6-10/h4-6,8,11-12H,7H2,1-3H3,(H,17,19)(H,18,20). The molecule has 1 aromatic rings. The van der Waals surface area contributed by atoms with E-state index >= 15 is 0 Å². The molecule has 108 valence electrons. The lowest BCUT2D eigenvalue weighted by Crippen LogP contribution is -2.32. The number of carbonyl (C=O) groups is 2. The van der Waals surface area contributed by atoms with Crippen LogP contribution in [0.25, 0.3) is 0 Å². The van der Waals surface area contributed by atoms with Crippen molar-refractivity contribution in [2.24, 2.45) is 11.8 Å². The Balaban J connectivity index is 1.91. The molecule has 1 aromatic carbocycles. The van der Waals surface area contributed by atoms with Gasteiger partial charge >= 0.3 is 0 Å². The molecule has 2 unspecified atom stereocenters. The first-order valence-electron chi connectivity index (χ1n) is 6.76. The smallest absolute Gasteiger partial charge is 0.228 e. The van der Waals surface area contributed by atoms with Gasteiger partial charge in [-0.15, -0.1) is 0 Å². The van der Waals surface area contributed by atoms with E-state index in [1.165, 1.54) is 0 Å². The number of rotatable bonds is 4. The first kappa shape index (κ1) is 15.0. The third-order valence-corrected chi connectivity index (χ3v) is 4.21. The molecule has 4 nitrogen and oxygen atoms in total. The highest BCUT2D eigenvalue weighted by atomic mass is 79.9. The van der Waals surface area contributed by atoms with Crippen LogP contribution in [0.3, 0.4) is 0 Å². The van der Waals surface area contributed by atoms with Crippen LogP contribution in [0.15, 0.2) is 22.7 Å². The van der Waals surface area contributed by atoms with E-state index in [-0.39, 0.29) is 29.7 Å². The van der Waals surface area contributed by atoms with Gasteiger partial charge in [0.05, 0.1) is 11.8 Å². The van der Waals surface area contributed by atoms with Crippen molar-refractivity contribution < 1.29 is 9.59 Å². The molecule has 0 radical (unpaired) electrons. The van der Waals surface area contributed by atoms with E-state index in [2.05, 4.69) is 26.6 Å². The van der Waals surface area contributed by atoms with Gasteiger partial charge in [-0.05, 0) is 51.0 Å². The number of aryl methyl sites for hydroxylation is 1. The van der Waals surface area contributed by atoms with Crippen molar-refractivity contribution in [1.82, 2.24) is 5.32 Å².